The van der Waals surface area contributed by atoms with Crippen LogP contribution < -0.4 is 4.90 Å². The normalized spacial score (nSPS) is 18.5. The lowest BCUT2D eigenvalue weighted by Crippen LogP contribution is -2.44. The Bertz CT molecular complexity index is 905. The molecular weight excluding hydrogens is 384 g/mol. The van der Waals surface area contributed by atoms with Gasteiger partial charge in [0.2, 0.25) is 5.91 Å². The van der Waals surface area contributed by atoms with Gasteiger partial charge in [0, 0.05) is 17.1 Å². The fourth-order valence-electron chi connectivity index (χ4n) is 3.15. The van der Waals surface area contributed by atoms with Crippen molar-refractivity contribution in [2.75, 3.05) is 18.0 Å². The van der Waals surface area contributed by atoms with Gasteiger partial charge in [-0.25, -0.2) is 0 Å². The number of thioether (sulfide) groups is 1. The van der Waals surface area contributed by atoms with Crippen molar-refractivity contribution >= 4 is 63.2 Å². The molecule has 2 aliphatic heterocycles. The van der Waals surface area contributed by atoms with Crippen LogP contribution in [0.1, 0.15) is 16.9 Å². The predicted molar refractivity (Wildman–Crippen MR) is 111 cm³/mol. The first-order chi connectivity index (χ1) is 12.6. The quantitative estimate of drug-likeness (QED) is 0.578. The van der Waals surface area contributed by atoms with Crippen molar-refractivity contribution in [2.45, 2.75) is 12.8 Å². The first-order valence-corrected chi connectivity index (χ1v) is 10.4. The van der Waals surface area contributed by atoms with E-state index >= 15 is 0 Å². The Hall–Kier alpha value is -1.96. The second kappa shape index (κ2) is 7.34. The number of rotatable bonds is 3. The molecule has 7 heteroatoms. The van der Waals surface area contributed by atoms with Crippen molar-refractivity contribution in [3.8, 4) is 0 Å². The molecule has 26 heavy (non-hydrogen) atoms. The first kappa shape index (κ1) is 17.5. The number of thiocarbonyl (C=S) groups is 1. The maximum absolute atomic E-state index is 12.9. The Morgan fingerprint density at radius 2 is 2.08 bits per heavy atom. The second-order valence-corrected chi connectivity index (χ2v) is 8.72. The number of carbonyl (C=O) groups is 2. The van der Waals surface area contributed by atoms with Crippen LogP contribution in [0.15, 0.2) is 46.7 Å². The molecule has 4 rings (SSSR count). The second-order valence-electron chi connectivity index (χ2n) is 6.06. The van der Waals surface area contributed by atoms with Crippen LogP contribution in [-0.2, 0) is 16.0 Å². The van der Waals surface area contributed by atoms with E-state index in [-0.39, 0.29) is 18.4 Å². The summed E-state index contributed by atoms with van der Waals surface area (Å²) in [7, 11) is 0. The van der Waals surface area contributed by atoms with E-state index in [4.69, 9.17) is 12.2 Å². The maximum atomic E-state index is 12.9. The number of benzene rings is 1. The lowest BCUT2D eigenvalue weighted by atomic mass is 10.0. The third-order valence-electron chi connectivity index (χ3n) is 4.39. The number of hydrogen-bond acceptors (Lipinski definition) is 5. The zero-order chi connectivity index (χ0) is 18.1. The van der Waals surface area contributed by atoms with E-state index < -0.39 is 0 Å². The lowest BCUT2D eigenvalue weighted by molar-refractivity contribution is -0.127. The molecular formula is C19H16N2O2S3. The molecule has 132 valence electrons. The highest BCUT2D eigenvalue weighted by molar-refractivity contribution is 8.26. The highest BCUT2D eigenvalue weighted by Gasteiger charge is 2.35. The average molecular weight is 401 g/mol. The minimum atomic E-state index is -0.188. The zero-order valence-corrected chi connectivity index (χ0v) is 16.3. The molecule has 0 N–H and O–H groups in total. The van der Waals surface area contributed by atoms with Gasteiger partial charge in [0.25, 0.3) is 5.91 Å². The molecule has 2 aromatic rings. The van der Waals surface area contributed by atoms with E-state index in [0.717, 1.165) is 23.4 Å². The SMILES string of the molecule is O=C1C(=Cc2cccs2)SC(=S)N1CC(=O)N1CCCc2ccccc21. The van der Waals surface area contributed by atoms with Crippen LogP contribution in [0.25, 0.3) is 6.08 Å². The number of para-hydroxylation sites is 1. The van der Waals surface area contributed by atoms with Crippen molar-refractivity contribution in [3.63, 3.8) is 0 Å². The molecule has 2 aliphatic rings. The van der Waals surface area contributed by atoms with Crippen molar-refractivity contribution in [1.29, 1.82) is 0 Å². The van der Waals surface area contributed by atoms with E-state index in [2.05, 4.69) is 6.07 Å². The highest BCUT2D eigenvalue weighted by Crippen LogP contribution is 2.34. The number of thiophene rings is 1. The predicted octanol–water partition coefficient (Wildman–Crippen LogP) is 3.93. The number of carbonyl (C=O) groups excluding carboxylic acids is 2. The summed E-state index contributed by atoms with van der Waals surface area (Å²) in [6.07, 6.45) is 3.74. The Morgan fingerprint density at radius 3 is 2.88 bits per heavy atom. The van der Waals surface area contributed by atoms with Gasteiger partial charge < -0.3 is 4.90 Å². The first-order valence-electron chi connectivity index (χ1n) is 8.30. The van der Waals surface area contributed by atoms with E-state index in [1.165, 1.54) is 22.2 Å². The number of fused-ring (bicyclic) bond motifs is 1. The van der Waals surface area contributed by atoms with Crippen LogP contribution >= 0.6 is 35.3 Å². The van der Waals surface area contributed by atoms with Gasteiger partial charge in [0.1, 0.15) is 10.9 Å². The standard InChI is InChI=1S/C19H16N2O2S3/c22-17(20-9-3-6-13-5-1-2-8-15(13)20)12-21-18(23)16(26-19(21)24)11-14-7-4-10-25-14/h1-2,4-5,7-8,10-11H,3,6,9,12H2. The Balaban J connectivity index is 1.52. The van der Waals surface area contributed by atoms with Gasteiger partial charge in [-0.2, -0.15) is 0 Å². The molecule has 1 aromatic heterocycles. The van der Waals surface area contributed by atoms with Gasteiger partial charge in [-0.3, -0.25) is 14.5 Å². The van der Waals surface area contributed by atoms with Gasteiger partial charge in [0.05, 0.1) is 4.91 Å². The number of nitrogens with zero attached hydrogens (tertiary/aromatic N) is 2. The summed E-state index contributed by atoms with van der Waals surface area (Å²) in [4.78, 5) is 30.3. The summed E-state index contributed by atoms with van der Waals surface area (Å²) in [5.74, 6) is -0.280. The van der Waals surface area contributed by atoms with Crippen LogP contribution in [-0.4, -0.2) is 34.1 Å². The van der Waals surface area contributed by atoms with E-state index in [9.17, 15) is 9.59 Å². The summed E-state index contributed by atoms with van der Waals surface area (Å²) >= 11 is 8.17. The molecule has 0 radical (unpaired) electrons. The minimum Gasteiger partial charge on any atom is -0.311 e. The Labute approximate surface area is 165 Å². The van der Waals surface area contributed by atoms with E-state index in [1.807, 2.05) is 41.8 Å². The molecule has 4 nitrogen and oxygen atoms in total. The molecule has 0 bridgehead atoms. The topological polar surface area (TPSA) is 40.6 Å². The molecule has 0 aliphatic carbocycles. The number of amides is 2. The van der Waals surface area contributed by atoms with Crippen molar-refractivity contribution in [2.24, 2.45) is 0 Å². The molecule has 2 amide bonds. The minimum absolute atomic E-state index is 0.0131. The lowest BCUT2D eigenvalue weighted by Gasteiger charge is -2.30. The van der Waals surface area contributed by atoms with Crippen LogP contribution in [0, 0.1) is 0 Å². The fourth-order valence-corrected chi connectivity index (χ4v) is 5.13. The van der Waals surface area contributed by atoms with Gasteiger partial charge in [-0.05, 0) is 42.0 Å². The van der Waals surface area contributed by atoms with Gasteiger partial charge in [-0.15, -0.1) is 11.3 Å². The van der Waals surface area contributed by atoms with Crippen LogP contribution in [0.3, 0.4) is 0 Å². The van der Waals surface area contributed by atoms with Crippen molar-refractivity contribution < 1.29 is 9.59 Å². The number of anilines is 1. The number of aryl methyl sites for hydroxylation is 1. The fraction of sp³-hybridized carbons (Fsp3) is 0.211. The van der Waals surface area contributed by atoms with E-state index in [1.54, 1.807) is 16.2 Å². The Kier molecular flexibility index (Phi) is 4.93. The maximum Gasteiger partial charge on any atom is 0.266 e. The van der Waals surface area contributed by atoms with Crippen LogP contribution in [0.5, 0.6) is 0 Å². The summed E-state index contributed by atoms with van der Waals surface area (Å²) in [5, 5.41) is 1.96. The van der Waals surface area contributed by atoms with Crippen molar-refractivity contribution in [1.82, 2.24) is 4.90 Å². The monoisotopic (exact) mass is 400 g/mol. The van der Waals surface area contributed by atoms with Crippen LogP contribution in [0.2, 0.25) is 0 Å². The Morgan fingerprint density at radius 1 is 1.23 bits per heavy atom. The molecule has 0 spiro atoms. The smallest absolute Gasteiger partial charge is 0.266 e. The highest BCUT2D eigenvalue weighted by atomic mass is 32.2. The summed E-state index contributed by atoms with van der Waals surface area (Å²) in [6, 6.07) is 11.8. The van der Waals surface area contributed by atoms with E-state index in [0.29, 0.717) is 15.8 Å². The molecule has 0 unspecified atom stereocenters. The van der Waals surface area contributed by atoms with Crippen LogP contribution in [0.4, 0.5) is 5.69 Å². The summed E-state index contributed by atoms with van der Waals surface area (Å²) in [6.45, 7) is 0.663. The third-order valence-corrected chi connectivity index (χ3v) is 6.59. The molecule has 3 heterocycles. The molecule has 1 fully saturated rings. The third kappa shape index (κ3) is 3.34. The summed E-state index contributed by atoms with van der Waals surface area (Å²) in [5.41, 5.74) is 2.12. The molecule has 0 saturated carbocycles. The van der Waals surface area contributed by atoms with Gasteiger partial charge in [0.15, 0.2) is 0 Å². The average Bonchev–Trinajstić information content (AvgIpc) is 3.25. The summed E-state index contributed by atoms with van der Waals surface area (Å²) < 4.78 is 0.441. The largest absolute Gasteiger partial charge is 0.311 e. The molecule has 1 aromatic carbocycles. The van der Waals surface area contributed by atoms with Gasteiger partial charge in [-0.1, -0.05) is 48.2 Å². The molecule has 1 saturated heterocycles. The molecule has 0 atom stereocenters. The van der Waals surface area contributed by atoms with Gasteiger partial charge >= 0.3 is 0 Å². The number of hydrogen-bond donors (Lipinski definition) is 0. The van der Waals surface area contributed by atoms with Crippen molar-refractivity contribution in [3.05, 3.63) is 57.1 Å². The zero-order valence-electron chi connectivity index (χ0n) is 13.9.